The molecule has 0 spiro atoms. The molecule has 7 nitrogen and oxygen atoms in total. The van der Waals surface area contributed by atoms with Crippen molar-refractivity contribution in [3.05, 3.63) is 47.0 Å². The molecule has 0 saturated carbocycles. The van der Waals surface area contributed by atoms with Crippen LogP contribution in [0.2, 0.25) is 0 Å². The lowest BCUT2D eigenvalue weighted by molar-refractivity contribution is 0.198. The number of likely N-dealkylation sites (tertiary alicyclic amines) is 1. The van der Waals surface area contributed by atoms with Gasteiger partial charge in [-0.15, -0.1) is 34.2 Å². The third-order valence-electron chi connectivity index (χ3n) is 6.86. The predicted octanol–water partition coefficient (Wildman–Crippen LogP) is 3.69. The Morgan fingerprint density at radius 1 is 1.09 bits per heavy atom. The summed E-state index contributed by atoms with van der Waals surface area (Å²) in [5.41, 5.74) is 2.83. The SMILES string of the molecule is CN=C(NCCCc1nnc2n1CCCCC2)NC1CCN(Cc2ccccc2C)CC1.I. The summed E-state index contributed by atoms with van der Waals surface area (Å²) in [6.45, 7) is 7.49. The number of benzene rings is 1. The normalized spacial score (nSPS) is 17.7. The fourth-order valence-electron chi connectivity index (χ4n) is 4.84. The minimum absolute atomic E-state index is 0. The number of nitrogens with zero attached hydrogens (tertiary/aromatic N) is 5. The van der Waals surface area contributed by atoms with E-state index in [0.29, 0.717) is 6.04 Å². The minimum atomic E-state index is 0. The van der Waals surface area contributed by atoms with Gasteiger partial charge in [0.15, 0.2) is 5.96 Å². The maximum atomic E-state index is 4.45. The van der Waals surface area contributed by atoms with E-state index in [1.165, 1.54) is 36.2 Å². The lowest BCUT2D eigenvalue weighted by atomic mass is 10.0. The molecule has 2 aliphatic heterocycles. The van der Waals surface area contributed by atoms with E-state index >= 15 is 0 Å². The summed E-state index contributed by atoms with van der Waals surface area (Å²) >= 11 is 0. The number of aryl methyl sites for hydroxylation is 3. The first kappa shape index (κ1) is 25.9. The van der Waals surface area contributed by atoms with Gasteiger partial charge in [-0.25, -0.2) is 0 Å². The van der Waals surface area contributed by atoms with Crippen LogP contribution in [-0.4, -0.2) is 58.3 Å². The molecule has 0 atom stereocenters. The summed E-state index contributed by atoms with van der Waals surface area (Å²) in [6.07, 6.45) is 9.17. The summed E-state index contributed by atoms with van der Waals surface area (Å²) < 4.78 is 2.35. The van der Waals surface area contributed by atoms with Crippen LogP contribution < -0.4 is 10.6 Å². The Hall–Kier alpha value is -1.68. The number of piperidine rings is 1. The van der Waals surface area contributed by atoms with Crippen LogP contribution in [0.15, 0.2) is 29.3 Å². The number of guanidine groups is 1. The third-order valence-corrected chi connectivity index (χ3v) is 6.86. The van der Waals surface area contributed by atoms with Crippen molar-refractivity contribution in [2.45, 2.75) is 77.4 Å². The maximum absolute atomic E-state index is 4.45. The van der Waals surface area contributed by atoms with Crippen LogP contribution in [0, 0.1) is 6.92 Å². The van der Waals surface area contributed by atoms with Gasteiger partial charge in [-0.3, -0.25) is 9.89 Å². The maximum Gasteiger partial charge on any atom is 0.191 e. The molecular weight excluding hydrogens is 525 g/mol. The minimum Gasteiger partial charge on any atom is -0.356 e. The summed E-state index contributed by atoms with van der Waals surface area (Å²) in [5, 5.41) is 16.0. The van der Waals surface area contributed by atoms with Gasteiger partial charge >= 0.3 is 0 Å². The lowest BCUT2D eigenvalue weighted by Gasteiger charge is -2.33. The summed E-state index contributed by atoms with van der Waals surface area (Å²) in [7, 11) is 1.86. The second-order valence-electron chi connectivity index (χ2n) is 9.22. The molecule has 4 rings (SSSR count). The number of aromatic nitrogens is 3. The van der Waals surface area contributed by atoms with E-state index in [2.05, 4.69) is 66.5 Å². The molecule has 2 aliphatic rings. The average Bonchev–Trinajstić information content (AvgIpc) is 3.04. The van der Waals surface area contributed by atoms with E-state index < -0.39 is 0 Å². The van der Waals surface area contributed by atoms with Crippen molar-refractivity contribution in [3.8, 4) is 0 Å². The van der Waals surface area contributed by atoms with E-state index in [1.54, 1.807) is 0 Å². The number of rotatable bonds is 7. The van der Waals surface area contributed by atoms with Crippen LogP contribution in [-0.2, 0) is 25.9 Å². The van der Waals surface area contributed by atoms with Crippen molar-refractivity contribution in [2.24, 2.45) is 4.99 Å². The van der Waals surface area contributed by atoms with Gasteiger partial charge in [0, 0.05) is 58.7 Å². The summed E-state index contributed by atoms with van der Waals surface area (Å²) in [4.78, 5) is 7.01. The zero-order valence-corrected chi connectivity index (χ0v) is 22.6. The molecule has 2 aromatic rings. The summed E-state index contributed by atoms with van der Waals surface area (Å²) in [6, 6.07) is 9.21. The molecule has 0 radical (unpaired) electrons. The van der Waals surface area contributed by atoms with Crippen LogP contribution in [0.25, 0.3) is 0 Å². The first-order chi connectivity index (χ1) is 15.7. The summed E-state index contributed by atoms with van der Waals surface area (Å²) in [5.74, 6) is 3.24. The molecular formula is C25H40IN7. The number of hydrogen-bond acceptors (Lipinski definition) is 4. The Morgan fingerprint density at radius 2 is 1.91 bits per heavy atom. The smallest absolute Gasteiger partial charge is 0.191 e. The van der Waals surface area contributed by atoms with Gasteiger partial charge in [0.2, 0.25) is 0 Å². The van der Waals surface area contributed by atoms with Crippen molar-refractivity contribution in [2.75, 3.05) is 26.7 Å². The van der Waals surface area contributed by atoms with E-state index in [-0.39, 0.29) is 24.0 Å². The number of nitrogens with one attached hydrogen (secondary N) is 2. The zero-order chi connectivity index (χ0) is 22.2. The number of halogens is 1. The molecule has 0 aliphatic carbocycles. The third kappa shape index (κ3) is 7.40. The monoisotopic (exact) mass is 565 g/mol. The Bertz CT molecular complexity index is 887. The Labute approximate surface area is 215 Å². The highest BCUT2D eigenvalue weighted by Gasteiger charge is 2.20. The number of aliphatic imine (C=N–C) groups is 1. The fraction of sp³-hybridized carbons (Fsp3) is 0.640. The van der Waals surface area contributed by atoms with Crippen molar-refractivity contribution < 1.29 is 0 Å². The van der Waals surface area contributed by atoms with Crippen LogP contribution in [0.1, 0.15) is 61.3 Å². The van der Waals surface area contributed by atoms with E-state index in [0.717, 1.165) is 76.6 Å². The quantitative estimate of drug-likeness (QED) is 0.232. The fourth-order valence-corrected chi connectivity index (χ4v) is 4.84. The van der Waals surface area contributed by atoms with Crippen molar-refractivity contribution >= 4 is 29.9 Å². The van der Waals surface area contributed by atoms with E-state index in [4.69, 9.17) is 0 Å². The molecule has 3 heterocycles. The first-order valence-electron chi connectivity index (χ1n) is 12.4. The lowest BCUT2D eigenvalue weighted by Crippen LogP contribution is -2.48. The molecule has 1 fully saturated rings. The molecule has 0 unspecified atom stereocenters. The molecule has 33 heavy (non-hydrogen) atoms. The van der Waals surface area contributed by atoms with Crippen molar-refractivity contribution in [3.63, 3.8) is 0 Å². The van der Waals surface area contributed by atoms with Gasteiger partial charge in [-0.1, -0.05) is 30.7 Å². The second-order valence-corrected chi connectivity index (χ2v) is 9.22. The van der Waals surface area contributed by atoms with Crippen molar-refractivity contribution in [1.82, 2.24) is 30.3 Å². The topological polar surface area (TPSA) is 70.4 Å². The van der Waals surface area contributed by atoms with Crippen LogP contribution in [0.5, 0.6) is 0 Å². The van der Waals surface area contributed by atoms with E-state index in [9.17, 15) is 0 Å². The molecule has 2 N–H and O–H groups in total. The molecule has 1 aromatic carbocycles. The first-order valence-corrected chi connectivity index (χ1v) is 12.4. The molecule has 0 amide bonds. The Morgan fingerprint density at radius 3 is 2.70 bits per heavy atom. The van der Waals surface area contributed by atoms with Gasteiger partial charge in [0.25, 0.3) is 0 Å². The highest BCUT2D eigenvalue weighted by atomic mass is 127. The molecule has 1 aromatic heterocycles. The van der Waals surface area contributed by atoms with Crippen molar-refractivity contribution in [1.29, 1.82) is 0 Å². The van der Waals surface area contributed by atoms with Gasteiger partial charge in [-0.2, -0.15) is 0 Å². The zero-order valence-electron chi connectivity index (χ0n) is 20.2. The van der Waals surface area contributed by atoms with Gasteiger partial charge in [0.1, 0.15) is 11.6 Å². The van der Waals surface area contributed by atoms with Gasteiger partial charge < -0.3 is 15.2 Å². The highest BCUT2D eigenvalue weighted by molar-refractivity contribution is 14.0. The number of hydrogen-bond donors (Lipinski definition) is 2. The standard InChI is InChI=1S/C25H39N7.HI/c1-20-9-5-6-10-21(20)19-31-17-13-22(14-18-31)28-25(26-2)27-15-8-12-24-30-29-23-11-4-3-7-16-32(23)24;/h5-6,9-10,22H,3-4,7-8,11-19H2,1-2H3,(H2,26,27,28);1H. The molecule has 8 heteroatoms. The van der Waals surface area contributed by atoms with Gasteiger partial charge in [-0.05, 0) is 50.2 Å². The Balaban J connectivity index is 0.00000306. The van der Waals surface area contributed by atoms with Crippen LogP contribution in [0.3, 0.4) is 0 Å². The second kappa shape index (κ2) is 13.3. The van der Waals surface area contributed by atoms with Crippen LogP contribution >= 0.6 is 24.0 Å². The van der Waals surface area contributed by atoms with Gasteiger partial charge in [0.05, 0.1) is 0 Å². The predicted molar refractivity (Wildman–Crippen MR) is 145 cm³/mol. The van der Waals surface area contributed by atoms with Crippen LogP contribution in [0.4, 0.5) is 0 Å². The number of fused-ring (bicyclic) bond motifs is 1. The van der Waals surface area contributed by atoms with E-state index in [1.807, 2.05) is 7.05 Å². The largest absolute Gasteiger partial charge is 0.356 e. The molecule has 0 bridgehead atoms. The highest BCUT2D eigenvalue weighted by Crippen LogP contribution is 2.17. The average molecular weight is 566 g/mol. The molecule has 1 saturated heterocycles. The Kier molecular flexibility index (Phi) is 10.4. The molecule has 182 valence electrons.